The number of nitrogens with zero attached hydrogens (tertiary/aromatic N) is 1. The Morgan fingerprint density at radius 1 is 1.37 bits per heavy atom. The summed E-state index contributed by atoms with van der Waals surface area (Å²) in [4.78, 5) is 4.34. The molecule has 1 aromatic carbocycles. The molecule has 1 N–H and O–H groups in total. The fourth-order valence-corrected chi connectivity index (χ4v) is 2.68. The van der Waals surface area contributed by atoms with Crippen molar-refractivity contribution in [2.45, 2.75) is 31.9 Å². The Morgan fingerprint density at radius 2 is 2.32 bits per heavy atom. The molecule has 1 fully saturated rings. The van der Waals surface area contributed by atoms with Crippen molar-refractivity contribution in [1.82, 2.24) is 10.3 Å². The van der Waals surface area contributed by atoms with Gasteiger partial charge in [0.1, 0.15) is 0 Å². The van der Waals surface area contributed by atoms with Crippen LogP contribution in [0.25, 0.3) is 10.9 Å². The monoisotopic (exact) mass is 256 g/mol. The second-order valence-electron chi connectivity index (χ2n) is 5.54. The van der Waals surface area contributed by atoms with Gasteiger partial charge in [0.25, 0.3) is 0 Å². The molecular formula is C16H20N2O. The van der Waals surface area contributed by atoms with Crippen molar-refractivity contribution in [2.24, 2.45) is 0 Å². The summed E-state index contributed by atoms with van der Waals surface area (Å²) in [7, 11) is 0. The van der Waals surface area contributed by atoms with Crippen LogP contribution in [-0.4, -0.2) is 23.7 Å². The van der Waals surface area contributed by atoms with Gasteiger partial charge in [-0.3, -0.25) is 4.98 Å². The maximum Gasteiger partial charge on any atom is 0.0779 e. The molecule has 0 radical (unpaired) electrons. The minimum absolute atomic E-state index is 0.0262. The van der Waals surface area contributed by atoms with Crippen LogP contribution in [0.2, 0.25) is 0 Å². The lowest BCUT2D eigenvalue weighted by Crippen LogP contribution is -2.36. The van der Waals surface area contributed by atoms with E-state index in [0.29, 0.717) is 0 Å². The number of pyridine rings is 1. The molecule has 3 nitrogen and oxygen atoms in total. The molecule has 0 bridgehead atoms. The maximum absolute atomic E-state index is 5.78. The molecule has 0 saturated carbocycles. The van der Waals surface area contributed by atoms with Gasteiger partial charge in [-0.25, -0.2) is 0 Å². The minimum Gasteiger partial charge on any atom is -0.374 e. The highest BCUT2D eigenvalue weighted by atomic mass is 16.5. The van der Waals surface area contributed by atoms with Crippen LogP contribution in [0.15, 0.2) is 36.5 Å². The van der Waals surface area contributed by atoms with Crippen LogP contribution >= 0.6 is 0 Å². The van der Waals surface area contributed by atoms with E-state index < -0.39 is 0 Å². The number of fused-ring (bicyclic) bond motifs is 1. The first-order chi connectivity index (χ1) is 9.25. The van der Waals surface area contributed by atoms with Crippen LogP contribution in [0, 0.1) is 0 Å². The number of ether oxygens (including phenoxy) is 1. The highest BCUT2D eigenvalue weighted by Gasteiger charge is 2.28. The lowest BCUT2D eigenvalue weighted by Gasteiger charge is -2.23. The second kappa shape index (κ2) is 5.27. The third kappa shape index (κ3) is 2.94. The molecule has 100 valence electrons. The molecule has 19 heavy (non-hydrogen) atoms. The quantitative estimate of drug-likeness (QED) is 0.913. The minimum atomic E-state index is 0.0262. The summed E-state index contributed by atoms with van der Waals surface area (Å²) in [6.07, 6.45) is 4.17. The van der Waals surface area contributed by atoms with E-state index >= 15 is 0 Å². The second-order valence-corrected chi connectivity index (χ2v) is 5.54. The number of nitrogens with one attached hydrogen (secondary N) is 1. The molecule has 1 unspecified atom stereocenters. The number of hydrogen-bond acceptors (Lipinski definition) is 3. The first-order valence-corrected chi connectivity index (χ1v) is 6.94. The van der Waals surface area contributed by atoms with Gasteiger partial charge in [0, 0.05) is 31.3 Å². The molecule has 2 heterocycles. The summed E-state index contributed by atoms with van der Waals surface area (Å²) >= 11 is 0. The molecular weight excluding hydrogens is 236 g/mol. The van der Waals surface area contributed by atoms with Crippen LogP contribution in [-0.2, 0) is 11.3 Å². The van der Waals surface area contributed by atoms with Gasteiger partial charge in [-0.15, -0.1) is 0 Å². The van der Waals surface area contributed by atoms with Gasteiger partial charge in [-0.2, -0.15) is 0 Å². The summed E-state index contributed by atoms with van der Waals surface area (Å²) < 4.78 is 5.78. The largest absolute Gasteiger partial charge is 0.374 e. The van der Waals surface area contributed by atoms with Gasteiger partial charge in [0.15, 0.2) is 0 Å². The van der Waals surface area contributed by atoms with E-state index in [-0.39, 0.29) is 5.60 Å². The molecule has 0 spiro atoms. The average molecular weight is 256 g/mol. The molecule has 2 aromatic rings. The summed E-state index contributed by atoms with van der Waals surface area (Å²) in [6.45, 7) is 4.89. The Balaban J connectivity index is 1.62. The van der Waals surface area contributed by atoms with Crippen LogP contribution in [0.4, 0.5) is 0 Å². The van der Waals surface area contributed by atoms with Gasteiger partial charge in [0.2, 0.25) is 0 Å². The molecule has 1 aliphatic heterocycles. The van der Waals surface area contributed by atoms with Crippen LogP contribution < -0.4 is 5.32 Å². The van der Waals surface area contributed by atoms with Crippen LogP contribution in [0.1, 0.15) is 25.3 Å². The number of hydrogen-bond donors (Lipinski definition) is 1. The Kier molecular flexibility index (Phi) is 3.49. The van der Waals surface area contributed by atoms with E-state index in [1.54, 1.807) is 0 Å². The number of benzene rings is 1. The first-order valence-electron chi connectivity index (χ1n) is 6.94. The zero-order chi connectivity index (χ0) is 13.1. The topological polar surface area (TPSA) is 34.2 Å². The number of rotatable bonds is 4. The summed E-state index contributed by atoms with van der Waals surface area (Å²) in [6, 6.07) is 10.5. The van der Waals surface area contributed by atoms with Crippen molar-refractivity contribution < 1.29 is 4.74 Å². The standard InChI is InChI=1S/C16H20N2O/c1-16(7-3-9-19-16)12-17-11-13-5-6-15-14(10-13)4-2-8-18-15/h2,4-6,8,10,17H,3,7,9,11-12H2,1H3. The fraction of sp³-hybridized carbons (Fsp3) is 0.438. The molecule has 3 rings (SSSR count). The molecule has 1 saturated heterocycles. The molecule has 3 heteroatoms. The highest BCUT2D eigenvalue weighted by molar-refractivity contribution is 5.78. The van der Waals surface area contributed by atoms with Crippen LogP contribution in [0.5, 0.6) is 0 Å². The van der Waals surface area contributed by atoms with Crippen molar-refractivity contribution in [3.05, 3.63) is 42.1 Å². The van der Waals surface area contributed by atoms with Gasteiger partial charge in [-0.05, 0) is 43.5 Å². The van der Waals surface area contributed by atoms with Crippen molar-refractivity contribution in [3.8, 4) is 0 Å². The molecule has 0 aliphatic carbocycles. The number of aromatic nitrogens is 1. The fourth-order valence-electron chi connectivity index (χ4n) is 2.68. The van der Waals surface area contributed by atoms with Crippen molar-refractivity contribution in [3.63, 3.8) is 0 Å². The molecule has 1 aliphatic rings. The molecule has 1 atom stereocenters. The molecule has 0 amide bonds. The van der Waals surface area contributed by atoms with Gasteiger partial charge in [0.05, 0.1) is 11.1 Å². The van der Waals surface area contributed by atoms with E-state index in [1.807, 2.05) is 12.3 Å². The zero-order valence-corrected chi connectivity index (χ0v) is 11.4. The molecule has 1 aromatic heterocycles. The lowest BCUT2D eigenvalue weighted by molar-refractivity contribution is 0.0207. The Morgan fingerprint density at radius 3 is 3.16 bits per heavy atom. The Bertz CT molecular complexity index is 561. The normalized spacial score (nSPS) is 23.0. The average Bonchev–Trinajstić information content (AvgIpc) is 2.86. The van der Waals surface area contributed by atoms with Gasteiger partial charge < -0.3 is 10.1 Å². The van der Waals surface area contributed by atoms with E-state index in [9.17, 15) is 0 Å². The SMILES string of the molecule is CC1(CNCc2ccc3ncccc3c2)CCCO1. The third-order valence-corrected chi connectivity index (χ3v) is 3.80. The smallest absolute Gasteiger partial charge is 0.0779 e. The van der Waals surface area contributed by atoms with Crippen molar-refractivity contribution in [2.75, 3.05) is 13.2 Å². The zero-order valence-electron chi connectivity index (χ0n) is 11.4. The van der Waals surface area contributed by atoms with E-state index in [4.69, 9.17) is 4.74 Å². The predicted molar refractivity (Wildman–Crippen MR) is 77.0 cm³/mol. The van der Waals surface area contributed by atoms with E-state index in [1.165, 1.54) is 17.4 Å². The van der Waals surface area contributed by atoms with E-state index in [2.05, 4.69) is 41.5 Å². The lowest BCUT2D eigenvalue weighted by atomic mass is 10.0. The summed E-state index contributed by atoms with van der Waals surface area (Å²) in [5, 5.41) is 4.70. The Labute approximate surface area is 114 Å². The Hall–Kier alpha value is -1.45. The predicted octanol–water partition coefficient (Wildman–Crippen LogP) is 2.89. The van der Waals surface area contributed by atoms with Crippen LogP contribution in [0.3, 0.4) is 0 Å². The van der Waals surface area contributed by atoms with Gasteiger partial charge >= 0.3 is 0 Å². The summed E-state index contributed by atoms with van der Waals surface area (Å²) in [5.41, 5.74) is 2.37. The van der Waals surface area contributed by atoms with E-state index in [0.717, 1.165) is 31.6 Å². The highest BCUT2D eigenvalue weighted by Crippen LogP contribution is 2.24. The van der Waals surface area contributed by atoms with Gasteiger partial charge in [-0.1, -0.05) is 12.1 Å². The summed E-state index contributed by atoms with van der Waals surface area (Å²) in [5.74, 6) is 0. The van der Waals surface area contributed by atoms with Crippen molar-refractivity contribution in [1.29, 1.82) is 0 Å². The first kappa shape index (κ1) is 12.6. The van der Waals surface area contributed by atoms with Crippen molar-refractivity contribution >= 4 is 10.9 Å². The third-order valence-electron chi connectivity index (χ3n) is 3.80. The maximum atomic E-state index is 5.78.